The molecule has 0 radical (unpaired) electrons. The molecule has 2 N–H and O–H groups in total. The van der Waals surface area contributed by atoms with Crippen molar-refractivity contribution in [3.05, 3.63) is 28.8 Å². The molecule has 1 rings (SSSR count). The first-order chi connectivity index (χ1) is 9.34. The number of unbranched alkanes of at least 4 members (excludes halogenated alkanes) is 1. The molecule has 0 unspecified atom stereocenters. The summed E-state index contributed by atoms with van der Waals surface area (Å²) in [7, 11) is 0. The van der Waals surface area contributed by atoms with Crippen molar-refractivity contribution in [3.8, 4) is 0 Å². The Labute approximate surface area is 120 Å². The van der Waals surface area contributed by atoms with Crippen LogP contribution < -0.4 is 10.6 Å². The van der Waals surface area contributed by atoms with Gasteiger partial charge in [-0.1, -0.05) is 24.9 Å². The van der Waals surface area contributed by atoms with Crippen LogP contribution in [0.4, 0.5) is 18.9 Å². The summed E-state index contributed by atoms with van der Waals surface area (Å²) >= 11 is 5.55. The highest BCUT2D eigenvalue weighted by molar-refractivity contribution is 6.30. The number of anilines is 1. The summed E-state index contributed by atoms with van der Waals surface area (Å²) in [5.41, 5.74) is -1.24. The number of amides is 1. The summed E-state index contributed by atoms with van der Waals surface area (Å²) in [6.45, 7) is 2.63. The van der Waals surface area contributed by atoms with Gasteiger partial charge in [-0.25, -0.2) is 0 Å². The van der Waals surface area contributed by atoms with E-state index in [1.165, 1.54) is 6.07 Å². The summed E-state index contributed by atoms with van der Waals surface area (Å²) in [4.78, 5) is 11.6. The van der Waals surface area contributed by atoms with Crippen LogP contribution in [0.1, 0.15) is 25.3 Å². The smallest absolute Gasteiger partial charge is 0.324 e. The Morgan fingerprint density at radius 2 is 2.05 bits per heavy atom. The SMILES string of the molecule is CCCCNCC(=O)Nc1ccc(Cl)cc1C(F)(F)F. The van der Waals surface area contributed by atoms with Gasteiger partial charge in [-0.3, -0.25) is 4.79 Å². The number of nitrogens with one attached hydrogen (secondary N) is 2. The number of carbonyl (C=O) groups excluding carboxylic acids is 1. The zero-order valence-electron chi connectivity index (χ0n) is 11.0. The molecule has 0 spiro atoms. The fraction of sp³-hybridized carbons (Fsp3) is 0.462. The van der Waals surface area contributed by atoms with Crippen molar-refractivity contribution in [1.29, 1.82) is 0 Å². The van der Waals surface area contributed by atoms with Crippen LogP contribution in [0, 0.1) is 0 Å². The molecule has 0 aliphatic carbocycles. The second-order valence-electron chi connectivity index (χ2n) is 4.27. The highest BCUT2D eigenvalue weighted by atomic mass is 35.5. The molecule has 7 heteroatoms. The van der Waals surface area contributed by atoms with Crippen LogP contribution in [0.15, 0.2) is 18.2 Å². The molecular formula is C13H16ClF3N2O. The summed E-state index contributed by atoms with van der Waals surface area (Å²) in [5.74, 6) is -0.520. The minimum Gasteiger partial charge on any atom is -0.324 e. The molecule has 0 atom stereocenters. The van der Waals surface area contributed by atoms with Crippen molar-refractivity contribution in [2.45, 2.75) is 25.9 Å². The average molecular weight is 309 g/mol. The van der Waals surface area contributed by atoms with E-state index in [9.17, 15) is 18.0 Å². The van der Waals surface area contributed by atoms with Gasteiger partial charge < -0.3 is 10.6 Å². The Morgan fingerprint density at radius 1 is 1.35 bits per heavy atom. The molecule has 0 aliphatic rings. The Morgan fingerprint density at radius 3 is 2.65 bits per heavy atom. The van der Waals surface area contributed by atoms with Crippen LogP contribution in [0.5, 0.6) is 0 Å². The van der Waals surface area contributed by atoms with Gasteiger partial charge >= 0.3 is 6.18 Å². The number of hydrogen-bond donors (Lipinski definition) is 2. The van der Waals surface area contributed by atoms with E-state index in [1.54, 1.807) is 0 Å². The molecule has 1 amide bonds. The molecule has 0 aliphatic heterocycles. The van der Waals surface area contributed by atoms with E-state index in [2.05, 4.69) is 10.6 Å². The van der Waals surface area contributed by atoms with Crippen LogP contribution in [-0.2, 0) is 11.0 Å². The van der Waals surface area contributed by atoms with E-state index in [4.69, 9.17) is 11.6 Å². The van der Waals surface area contributed by atoms with Crippen LogP contribution in [0.2, 0.25) is 5.02 Å². The van der Waals surface area contributed by atoms with Crippen LogP contribution in [0.25, 0.3) is 0 Å². The van der Waals surface area contributed by atoms with Crippen LogP contribution in [-0.4, -0.2) is 19.0 Å². The van der Waals surface area contributed by atoms with E-state index < -0.39 is 17.6 Å². The minimum atomic E-state index is -4.57. The van der Waals surface area contributed by atoms with E-state index in [1.807, 2.05) is 6.92 Å². The molecule has 1 aromatic rings. The van der Waals surface area contributed by atoms with E-state index in [0.29, 0.717) is 6.54 Å². The standard InChI is InChI=1S/C13H16ClF3N2O/c1-2-3-6-18-8-12(20)19-11-5-4-9(14)7-10(11)13(15,16)17/h4-5,7,18H,2-3,6,8H2,1H3,(H,19,20). The third kappa shape index (κ3) is 5.38. The molecule has 20 heavy (non-hydrogen) atoms. The fourth-order valence-electron chi connectivity index (χ4n) is 1.56. The first-order valence-corrected chi connectivity index (χ1v) is 6.59. The molecule has 0 bridgehead atoms. The Hall–Kier alpha value is -1.27. The normalized spacial score (nSPS) is 11.4. The van der Waals surface area contributed by atoms with Crippen molar-refractivity contribution >= 4 is 23.2 Å². The van der Waals surface area contributed by atoms with Crippen molar-refractivity contribution in [2.75, 3.05) is 18.4 Å². The molecule has 0 saturated heterocycles. The summed E-state index contributed by atoms with van der Waals surface area (Å²) in [6, 6.07) is 3.24. The lowest BCUT2D eigenvalue weighted by Gasteiger charge is -2.14. The molecule has 0 aromatic heterocycles. The van der Waals surface area contributed by atoms with Gasteiger partial charge in [0.15, 0.2) is 0 Å². The van der Waals surface area contributed by atoms with Gasteiger partial charge in [0.25, 0.3) is 0 Å². The molecule has 3 nitrogen and oxygen atoms in total. The molecule has 112 valence electrons. The van der Waals surface area contributed by atoms with E-state index in [0.717, 1.165) is 25.0 Å². The number of benzene rings is 1. The Balaban J connectivity index is 2.70. The molecule has 0 fully saturated rings. The van der Waals surface area contributed by atoms with Gasteiger partial charge in [0.05, 0.1) is 17.8 Å². The molecule has 0 heterocycles. The number of rotatable bonds is 6. The number of carbonyl (C=O) groups is 1. The lowest BCUT2D eigenvalue weighted by atomic mass is 10.1. The number of alkyl halides is 3. The lowest BCUT2D eigenvalue weighted by molar-refractivity contribution is -0.137. The van der Waals surface area contributed by atoms with Gasteiger partial charge in [0, 0.05) is 5.02 Å². The maximum absolute atomic E-state index is 12.8. The number of halogens is 4. The van der Waals surface area contributed by atoms with E-state index >= 15 is 0 Å². The third-order valence-electron chi connectivity index (χ3n) is 2.55. The highest BCUT2D eigenvalue weighted by Gasteiger charge is 2.34. The summed E-state index contributed by atoms with van der Waals surface area (Å²) < 4.78 is 38.4. The Bertz CT molecular complexity index is 463. The lowest BCUT2D eigenvalue weighted by Crippen LogP contribution is -2.29. The summed E-state index contributed by atoms with van der Waals surface area (Å²) in [5, 5.41) is 5.07. The largest absolute Gasteiger partial charge is 0.418 e. The van der Waals surface area contributed by atoms with Gasteiger partial charge in [-0.2, -0.15) is 13.2 Å². The monoisotopic (exact) mass is 308 g/mol. The topological polar surface area (TPSA) is 41.1 Å². The fourth-order valence-corrected chi connectivity index (χ4v) is 1.73. The van der Waals surface area contributed by atoms with Crippen molar-refractivity contribution in [1.82, 2.24) is 5.32 Å². The molecule has 1 aromatic carbocycles. The van der Waals surface area contributed by atoms with Gasteiger partial charge in [0.2, 0.25) is 5.91 Å². The molecule has 0 saturated carbocycles. The minimum absolute atomic E-state index is 0.0279. The number of hydrogen-bond acceptors (Lipinski definition) is 2. The quantitative estimate of drug-likeness (QED) is 0.787. The van der Waals surface area contributed by atoms with Crippen LogP contribution in [0.3, 0.4) is 0 Å². The Kier molecular flexibility index (Phi) is 6.29. The maximum atomic E-state index is 12.8. The third-order valence-corrected chi connectivity index (χ3v) is 2.79. The van der Waals surface area contributed by atoms with Crippen molar-refractivity contribution < 1.29 is 18.0 Å². The molecular weight excluding hydrogens is 293 g/mol. The highest BCUT2D eigenvalue weighted by Crippen LogP contribution is 2.36. The van der Waals surface area contributed by atoms with Gasteiger partial charge in [-0.05, 0) is 31.2 Å². The first kappa shape index (κ1) is 16.8. The average Bonchev–Trinajstić information content (AvgIpc) is 2.35. The van der Waals surface area contributed by atoms with Crippen molar-refractivity contribution in [3.63, 3.8) is 0 Å². The van der Waals surface area contributed by atoms with Gasteiger partial charge in [-0.15, -0.1) is 0 Å². The predicted molar refractivity (Wildman–Crippen MR) is 72.9 cm³/mol. The van der Waals surface area contributed by atoms with Crippen LogP contribution >= 0.6 is 11.6 Å². The van der Waals surface area contributed by atoms with Crippen molar-refractivity contribution in [2.24, 2.45) is 0 Å². The summed E-state index contributed by atoms with van der Waals surface area (Å²) in [6.07, 6.45) is -2.69. The zero-order chi connectivity index (χ0) is 15.2. The van der Waals surface area contributed by atoms with Gasteiger partial charge in [0.1, 0.15) is 0 Å². The second kappa shape index (κ2) is 7.50. The zero-order valence-corrected chi connectivity index (χ0v) is 11.7. The second-order valence-corrected chi connectivity index (χ2v) is 4.70. The predicted octanol–water partition coefficient (Wildman–Crippen LogP) is 3.69. The maximum Gasteiger partial charge on any atom is 0.418 e. The first-order valence-electron chi connectivity index (χ1n) is 6.22. The van der Waals surface area contributed by atoms with E-state index in [-0.39, 0.29) is 17.3 Å².